The lowest BCUT2D eigenvalue weighted by atomic mass is 10.1. The Morgan fingerprint density at radius 2 is 2.00 bits per heavy atom. The smallest absolute Gasteiger partial charge is 0.137 e. The summed E-state index contributed by atoms with van der Waals surface area (Å²) in [6.45, 7) is 4.58. The van der Waals surface area contributed by atoms with Crippen molar-refractivity contribution in [3.05, 3.63) is 28.8 Å². The van der Waals surface area contributed by atoms with Crippen molar-refractivity contribution in [3.8, 4) is 5.75 Å². The van der Waals surface area contributed by atoms with Crippen molar-refractivity contribution < 1.29 is 4.74 Å². The van der Waals surface area contributed by atoms with Crippen LogP contribution in [0.15, 0.2) is 18.2 Å². The van der Waals surface area contributed by atoms with Crippen molar-refractivity contribution in [2.24, 2.45) is 5.73 Å². The minimum atomic E-state index is 0.508. The predicted molar refractivity (Wildman–Crippen MR) is 75.1 cm³/mol. The maximum atomic E-state index is 6.14. The summed E-state index contributed by atoms with van der Waals surface area (Å²) in [4.78, 5) is 2.45. The standard InChI is InChI=1S/C14H21ClN2O/c15-13-10-12(11-16)4-5-14(13)18-9-8-17-6-2-1-3-7-17/h4-5,10H,1-3,6-9,11,16H2. The lowest BCUT2D eigenvalue weighted by molar-refractivity contribution is 0.183. The fourth-order valence-electron chi connectivity index (χ4n) is 2.26. The summed E-state index contributed by atoms with van der Waals surface area (Å²) in [6, 6.07) is 5.74. The summed E-state index contributed by atoms with van der Waals surface area (Å²) < 4.78 is 5.72. The number of likely N-dealkylation sites (tertiary alicyclic amines) is 1. The highest BCUT2D eigenvalue weighted by Crippen LogP contribution is 2.25. The van der Waals surface area contributed by atoms with Gasteiger partial charge < -0.3 is 10.5 Å². The van der Waals surface area contributed by atoms with Crippen LogP contribution < -0.4 is 10.5 Å². The summed E-state index contributed by atoms with van der Waals surface area (Å²) in [6.07, 6.45) is 3.99. The number of benzene rings is 1. The van der Waals surface area contributed by atoms with Gasteiger partial charge in [0.2, 0.25) is 0 Å². The molecule has 0 spiro atoms. The van der Waals surface area contributed by atoms with E-state index in [1.165, 1.54) is 32.4 Å². The maximum Gasteiger partial charge on any atom is 0.137 e. The summed E-state index contributed by atoms with van der Waals surface area (Å²) in [5, 5.41) is 0.650. The molecule has 18 heavy (non-hydrogen) atoms. The highest BCUT2D eigenvalue weighted by Gasteiger charge is 2.10. The average Bonchev–Trinajstić information content (AvgIpc) is 2.42. The van der Waals surface area contributed by atoms with E-state index in [-0.39, 0.29) is 0 Å². The van der Waals surface area contributed by atoms with Gasteiger partial charge in [-0.15, -0.1) is 0 Å². The van der Waals surface area contributed by atoms with E-state index in [9.17, 15) is 0 Å². The van der Waals surface area contributed by atoms with Gasteiger partial charge in [0.15, 0.2) is 0 Å². The first-order valence-corrected chi connectivity index (χ1v) is 7.01. The zero-order valence-electron chi connectivity index (χ0n) is 10.7. The van der Waals surface area contributed by atoms with Crippen molar-refractivity contribution in [2.75, 3.05) is 26.2 Å². The molecule has 4 heteroatoms. The van der Waals surface area contributed by atoms with Crippen LogP contribution in [0.5, 0.6) is 5.75 Å². The normalized spacial score (nSPS) is 16.8. The summed E-state index contributed by atoms with van der Waals surface area (Å²) in [7, 11) is 0. The van der Waals surface area contributed by atoms with E-state index in [2.05, 4.69) is 4.90 Å². The molecule has 0 atom stereocenters. The van der Waals surface area contributed by atoms with Gasteiger partial charge >= 0.3 is 0 Å². The third kappa shape index (κ3) is 3.87. The largest absolute Gasteiger partial charge is 0.491 e. The van der Waals surface area contributed by atoms with Gasteiger partial charge in [-0.1, -0.05) is 24.1 Å². The predicted octanol–water partition coefficient (Wildman–Crippen LogP) is 2.66. The number of rotatable bonds is 5. The van der Waals surface area contributed by atoms with E-state index in [1.54, 1.807) is 0 Å². The Morgan fingerprint density at radius 3 is 2.67 bits per heavy atom. The van der Waals surface area contributed by atoms with Crippen molar-refractivity contribution in [1.82, 2.24) is 4.90 Å². The minimum Gasteiger partial charge on any atom is -0.491 e. The van der Waals surface area contributed by atoms with Gasteiger partial charge in [-0.2, -0.15) is 0 Å². The second kappa shape index (κ2) is 6.98. The van der Waals surface area contributed by atoms with Crippen molar-refractivity contribution in [1.29, 1.82) is 0 Å². The van der Waals surface area contributed by atoms with Crippen LogP contribution in [-0.2, 0) is 6.54 Å². The fraction of sp³-hybridized carbons (Fsp3) is 0.571. The van der Waals surface area contributed by atoms with Gasteiger partial charge in [0.05, 0.1) is 5.02 Å². The first-order chi connectivity index (χ1) is 8.79. The number of halogens is 1. The Morgan fingerprint density at radius 1 is 1.22 bits per heavy atom. The molecule has 3 nitrogen and oxygen atoms in total. The molecule has 0 amide bonds. The van der Waals surface area contributed by atoms with Crippen LogP contribution in [0.1, 0.15) is 24.8 Å². The molecule has 1 aromatic carbocycles. The van der Waals surface area contributed by atoms with E-state index in [1.807, 2.05) is 18.2 Å². The quantitative estimate of drug-likeness (QED) is 0.892. The van der Waals surface area contributed by atoms with Crippen LogP contribution in [0.3, 0.4) is 0 Å². The molecule has 1 aliphatic rings. The van der Waals surface area contributed by atoms with E-state index in [0.29, 0.717) is 18.2 Å². The third-order valence-corrected chi connectivity index (χ3v) is 3.64. The second-order valence-corrected chi connectivity index (χ2v) is 5.13. The molecular weight excluding hydrogens is 248 g/mol. The van der Waals surface area contributed by atoms with Gasteiger partial charge in [0.1, 0.15) is 12.4 Å². The van der Waals surface area contributed by atoms with Crippen molar-refractivity contribution in [3.63, 3.8) is 0 Å². The van der Waals surface area contributed by atoms with E-state index >= 15 is 0 Å². The van der Waals surface area contributed by atoms with Crippen LogP contribution in [0.2, 0.25) is 5.02 Å². The molecule has 1 fully saturated rings. The highest BCUT2D eigenvalue weighted by molar-refractivity contribution is 6.32. The van der Waals surface area contributed by atoms with E-state index in [0.717, 1.165) is 17.9 Å². The molecule has 0 aromatic heterocycles. The van der Waals surface area contributed by atoms with Crippen LogP contribution in [-0.4, -0.2) is 31.1 Å². The van der Waals surface area contributed by atoms with Crippen LogP contribution in [0.25, 0.3) is 0 Å². The molecule has 2 N–H and O–H groups in total. The minimum absolute atomic E-state index is 0.508. The van der Waals surface area contributed by atoms with Crippen molar-refractivity contribution in [2.45, 2.75) is 25.8 Å². The first-order valence-electron chi connectivity index (χ1n) is 6.63. The summed E-state index contributed by atoms with van der Waals surface area (Å²) >= 11 is 6.14. The Hall–Kier alpha value is -0.770. The molecular formula is C14H21ClN2O. The topological polar surface area (TPSA) is 38.5 Å². The van der Waals surface area contributed by atoms with Crippen molar-refractivity contribution >= 4 is 11.6 Å². The molecule has 1 aliphatic heterocycles. The monoisotopic (exact) mass is 268 g/mol. The molecule has 0 bridgehead atoms. The number of ether oxygens (including phenoxy) is 1. The third-order valence-electron chi connectivity index (χ3n) is 3.35. The average molecular weight is 269 g/mol. The SMILES string of the molecule is NCc1ccc(OCCN2CCCCC2)c(Cl)c1. The van der Waals surface area contributed by atoms with Crippen LogP contribution in [0.4, 0.5) is 0 Å². The molecule has 1 aromatic rings. The molecule has 2 rings (SSSR count). The Kier molecular flexibility index (Phi) is 5.29. The highest BCUT2D eigenvalue weighted by atomic mass is 35.5. The van der Waals surface area contributed by atoms with Gasteiger partial charge in [0, 0.05) is 13.1 Å². The van der Waals surface area contributed by atoms with Crippen LogP contribution in [0, 0.1) is 0 Å². The zero-order chi connectivity index (χ0) is 12.8. The molecule has 0 radical (unpaired) electrons. The molecule has 1 heterocycles. The van der Waals surface area contributed by atoms with Gasteiger partial charge in [-0.25, -0.2) is 0 Å². The number of nitrogens with two attached hydrogens (primary N) is 1. The lowest BCUT2D eigenvalue weighted by Crippen LogP contribution is -2.33. The maximum absolute atomic E-state index is 6.14. The lowest BCUT2D eigenvalue weighted by Gasteiger charge is -2.26. The molecule has 0 aliphatic carbocycles. The van der Waals surface area contributed by atoms with Gasteiger partial charge in [0.25, 0.3) is 0 Å². The van der Waals surface area contributed by atoms with E-state index < -0.39 is 0 Å². The Bertz CT molecular complexity index is 378. The Labute approximate surface area is 114 Å². The molecule has 100 valence electrons. The number of hydrogen-bond donors (Lipinski definition) is 1. The van der Waals surface area contributed by atoms with E-state index in [4.69, 9.17) is 22.1 Å². The summed E-state index contributed by atoms with van der Waals surface area (Å²) in [5.74, 6) is 0.755. The first kappa shape index (κ1) is 13.7. The summed E-state index contributed by atoms with van der Waals surface area (Å²) in [5.41, 5.74) is 6.59. The zero-order valence-corrected chi connectivity index (χ0v) is 11.5. The molecule has 0 saturated carbocycles. The number of piperidine rings is 1. The second-order valence-electron chi connectivity index (χ2n) is 4.72. The van der Waals surface area contributed by atoms with Crippen LogP contribution >= 0.6 is 11.6 Å². The Balaban J connectivity index is 1.79. The number of nitrogens with zero attached hydrogens (tertiary/aromatic N) is 1. The van der Waals surface area contributed by atoms with Gasteiger partial charge in [-0.3, -0.25) is 4.90 Å². The number of hydrogen-bond acceptors (Lipinski definition) is 3. The van der Waals surface area contributed by atoms with Gasteiger partial charge in [-0.05, 0) is 43.6 Å². The molecule has 1 saturated heterocycles. The fourth-order valence-corrected chi connectivity index (χ4v) is 2.51. The molecule has 0 unspecified atom stereocenters.